The van der Waals surface area contributed by atoms with Crippen molar-refractivity contribution in [2.75, 3.05) is 23.4 Å². The standard InChI is InChI=1S/C24H31N9O12P2.6Na.Tc/c1-33(10-12-9-27-20-18(28-12)19(25)31-24(26)32-20)13-4-2-11(3-5-13)21(35)30-14(22(36)37)6-7-16(34)29-15(23(38)39)8-17(46(40,41)42)47(43,44)45;;;;;;;/h2-5,9,14-15,17H,6-8,10H2,1H3,(H,29,34)(H,30,35)(H,36,37)(H,38,39)(H2,40,41,42)(H2,43,44,45)(H4,25,26,27,31,32);;;;;;;/q;6*+1;/p-6/i;;;;;;;1+1. The Bertz CT molecular complexity index is 1780. The van der Waals surface area contributed by atoms with E-state index < -0.39 is 75.7 Å². The number of amides is 2. The molecule has 0 aliphatic carbocycles. The summed E-state index contributed by atoms with van der Waals surface area (Å²) in [5.41, 5.74) is 13.0. The fourth-order valence-electron chi connectivity index (χ4n) is 4.15. The van der Waals surface area contributed by atoms with E-state index in [-0.39, 0.29) is 232 Å². The van der Waals surface area contributed by atoms with Crippen LogP contribution in [0.2, 0.25) is 0 Å². The molecule has 0 saturated carbocycles. The number of carbonyl (C=O) groups excluding carboxylic acids is 4. The molecule has 2 amide bonds. The zero-order valence-corrected chi connectivity index (χ0v) is 46.2. The van der Waals surface area contributed by atoms with E-state index in [9.17, 15) is 58.1 Å². The summed E-state index contributed by atoms with van der Waals surface area (Å²) in [6.45, 7) is 0.243. The topological polar surface area (TPSA) is 372 Å². The number of aromatic nitrogens is 4. The first-order chi connectivity index (χ1) is 21.8. The van der Waals surface area contributed by atoms with E-state index in [1.54, 1.807) is 29.4 Å². The number of anilines is 3. The first-order valence-corrected chi connectivity index (χ1v) is 16.4. The number of nitrogen functional groups attached to an aromatic ring is 2. The average molecular weight is 930 g/mol. The van der Waals surface area contributed by atoms with Gasteiger partial charge in [0.1, 0.15) is 0 Å². The van der Waals surface area contributed by atoms with E-state index in [0.29, 0.717) is 11.4 Å². The van der Waals surface area contributed by atoms with Crippen molar-refractivity contribution in [3.05, 3.63) is 41.7 Å². The fraction of sp³-hybridized carbons (Fsp3) is 0.333. The second kappa shape index (κ2) is 29.2. The van der Waals surface area contributed by atoms with Crippen LogP contribution in [-0.2, 0) is 50.2 Å². The second-order valence-electron chi connectivity index (χ2n) is 10.0. The van der Waals surface area contributed by atoms with Crippen LogP contribution in [0.3, 0.4) is 0 Å². The monoisotopic (exact) mass is 930 g/mol. The van der Waals surface area contributed by atoms with Crippen molar-refractivity contribution >= 4 is 67.6 Å². The number of nitrogens with zero attached hydrogens (tertiary/aromatic N) is 5. The second-order valence-corrected chi connectivity index (χ2v) is 13.8. The molecule has 2 aromatic heterocycles. The maximum Gasteiger partial charge on any atom is 1.00 e. The van der Waals surface area contributed by atoms with Crippen molar-refractivity contribution in [3.8, 4) is 0 Å². The van der Waals surface area contributed by atoms with Crippen LogP contribution in [-0.4, -0.2) is 68.2 Å². The Morgan fingerprint density at radius 1 is 0.815 bits per heavy atom. The molecule has 0 saturated heterocycles. The predicted molar refractivity (Wildman–Crippen MR) is 149 cm³/mol. The number of carbonyl (C=O) groups is 4. The molecule has 261 valence electrons. The van der Waals surface area contributed by atoms with Crippen LogP contribution < -0.4 is 234 Å². The van der Waals surface area contributed by atoms with Crippen molar-refractivity contribution < 1.29 is 256 Å². The number of nitrogens with one attached hydrogen (secondary N) is 2. The number of carboxylic acid groups (broad SMARTS) is 2. The molecule has 0 fully saturated rings. The van der Waals surface area contributed by atoms with Crippen LogP contribution in [0.1, 0.15) is 35.3 Å². The smallest absolute Gasteiger partial charge is 0.810 e. The van der Waals surface area contributed by atoms with Gasteiger partial charge in [-0.05, 0) is 37.1 Å². The van der Waals surface area contributed by atoms with Gasteiger partial charge in [-0.1, -0.05) is 15.2 Å². The maximum atomic E-state index is 12.7. The van der Waals surface area contributed by atoms with Crippen molar-refractivity contribution in [1.82, 2.24) is 30.6 Å². The molecular formula is C24H25N9Na6O12P2Tc. The first kappa shape index (κ1) is 65.0. The summed E-state index contributed by atoms with van der Waals surface area (Å²) in [6.07, 6.45) is -1.64. The average Bonchev–Trinajstić information content (AvgIpc) is 2.95. The van der Waals surface area contributed by atoms with Gasteiger partial charge in [-0.25, -0.2) is 9.97 Å². The number of benzene rings is 1. The Labute approximate surface area is 454 Å². The number of aliphatic carboxylic acids is 2. The Morgan fingerprint density at radius 3 is 1.81 bits per heavy atom. The first-order valence-electron chi connectivity index (χ1n) is 13.2. The van der Waals surface area contributed by atoms with Crippen LogP contribution in [0, 0.1) is 0 Å². The molecule has 2 unspecified atom stereocenters. The molecule has 30 heteroatoms. The van der Waals surface area contributed by atoms with Gasteiger partial charge in [-0.3, -0.25) is 9.59 Å². The van der Waals surface area contributed by atoms with E-state index in [2.05, 4.69) is 25.3 Å². The van der Waals surface area contributed by atoms with Crippen LogP contribution in [0.4, 0.5) is 17.5 Å². The molecule has 54 heavy (non-hydrogen) atoms. The quantitative estimate of drug-likeness (QED) is 0.0812. The third-order valence-electron chi connectivity index (χ3n) is 6.52. The molecule has 0 bridgehead atoms. The Balaban J connectivity index is -0.00000114. The minimum absolute atomic E-state index is 0. The predicted octanol–water partition coefficient (Wildman–Crippen LogP) is -24.4. The Hall–Kier alpha value is 1.87. The van der Waals surface area contributed by atoms with Crippen molar-refractivity contribution in [2.24, 2.45) is 0 Å². The van der Waals surface area contributed by atoms with Crippen LogP contribution in [0.15, 0.2) is 30.5 Å². The Kier molecular flexibility index (Phi) is 35.1. The molecule has 1 aromatic carbocycles. The summed E-state index contributed by atoms with van der Waals surface area (Å²) in [5.74, 6) is -6.19. The van der Waals surface area contributed by atoms with Crippen molar-refractivity contribution in [3.63, 3.8) is 0 Å². The molecule has 21 nitrogen and oxygen atoms in total. The van der Waals surface area contributed by atoms with E-state index in [4.69, 9.17) is 11.5 Å². The third-order valence-corrected chi connectivity index (χ3v) is 10.1. The van der Waals surface area contributed by atoms with E-state index >= 15 is 0 Å². The van der Waals surface area contributed by atoms with Gasteiger partial charge in [0.2, 0.25) is 11.9 Å². The number of fused-ring (bicyclic) bond motifs is 1. The van der Waals surface area contributed by atoms with E-state index in [1.807, 2.05) is 0 Å². The molecule has 1 radical (unpaired) electrons. The number of hydrogen-bond acceptors (Lipinski definition) is 19. The Morgan fingerprint density at radius 2 is 1.33 bits per heavy atom. The molecule has 3 aromatic rings. The van der Waals surface area contributed by atoms with Gasteiger partial charge < -0.3 is 75.5 Å². The van der Waals surface area contributed by atoms with Gasteiger partial charge in [0.15, 0.2) is 17.0 Å². The minimum Gasteiger partial charge on any atom is -0.810 e. The summed E-state index contributed by atoms with van der Waals surface area (Å²) in [7, 11) is -10.6. The van der Waals surface area contributed by atoms with Crippen LogP contribution in [0.25, 0.3) is 11.2 Å². The van der Waals surface area contributed by atoms with Crippen molar-refractivity contribution in [1.29, 1.82) is 0 Å². The summed E-state index contributed by atoms with van der Waals surface area (Å²) in [5, 5.41) is 23.5. The molecule has 2 atom stereocenters. The van der Waals surface area contributed by atoms with Crippen molar-refractivity contribution in [2.45, 2.75) is 43.3 Å². The largest absolute Gasteiger partial charge is 1.00 e. The van der Waals surface area contributed by atoms with Gasteiger partial charge in [0.05, 0.1) is 42.5 Å². The molecule has 0 aliphatic rings. The molecule has 6 N–H and O–H groups in total. The van der Waals surface area contributed by atoms with E-state index in [1.165, 1.54) is 18.3 Å². The van der Waals surface area contributed by atoms with Crippen LogP contribution in [0.5, 0.6) is 0 Å². The maximum absolute atomic E-state index is 12.7. The van der Waals surface area contributed by atoms with Gasteiger partial charge in [0.25, 0.3) is 5.91 Å². The summed E-state index contributed by atoms with van der Waals surface area (Å²) in [4.78, 5) is 111. The number of carboxylic acids is 2. The summed E-state index contributed by atoms with van der Waals surface area (Å²) < 4.78 is 22.3. The van der Waals surface area contributed by atoms with Gasteiger partial charge in [-0.15, -0.1) is 0 Å². The zero-order chi connectivity index (χ0) is 35.3. The van der Waals surface area contributed by atoms with Gasteiger partial charge in [0, 0.05) is 50.2 Å². The van der Waals surface area contributed by atoms with Gasteiger partial charge in [-0.2, -0.15) is 9.97 Å². The van der Waals surface area contributed by atoms with Gasteiger partial charge >= 0.3 is 177 Å². The summed E-state index contributed by atoms with van der Waals surface area (Å²) in [6, 6.07) is 1.64. The molecule has 2 heterocycles. The fourth-order valence-corrected chi connectivity index (χ4v) is 6.47. The molecule has 0 spiro atoms. The zero-order valence-electron chi connectivity index (χ0n) is 30.5. The number of nitrogens with two attached hydrogens (primary N) is 2. The molecular weight excluding hydrogens is 905 g/mol. The third kappa shape index (κ3) is 20.4. The molecule has 3 rings (SSSR count). The van der Waals surface area contributed by atoms with E-state index in [0.717, 1.165) is 0 Å². The number of hydrogen-bond donors (Lipinski definition) is 4. The summed E-state index contributed by atoms with van der Waals surface area (Å²) >= 11 is 0. The molecule has 0 aliphatic heterocycles. The normalized spacial score (nSPS) is 11.4. The number of rotatable bonds is 15. The van der Waals surface area contributed by atoms with Crippen LogP contribution >= 0.6 is 15.2 Å². The minimum atomic E-state index is -6.14. The SMILES string of the molecule is CN(Cc1cnc2nc(N)nc(N)c2n1)c1ccc(C(=O)NC(CCC(=O)NC(CC(P(=O)([O-])[O-])P(=O)([O-])[O-])C(=O)[O-])C(=O)[O-])cc1.[99Tc].[Na+].[Na+].[Na+].[Na+].[Na+].[Na+].